The summed E-state index contributed by atoms with van der Waals surface area (Å²) in [5.74, 6) is -0.497. The molecule has 0 spiro atoms. The summed E-state index contributed by atoms with van der Waals surface area (Å²) in [6, 6.07) is 0. The largest absolute Gasteiger partial charge is 0.364 e. The Morgan fingerprint density at radius 2 is 2.19 bits per heavy atom. The summed E-state index contributed by atoms with van der Waals surface area (Å²) in [5.41, 5.74) is 8.53. The van der Waals surface area contributed by atoms with Crippen LogP contribution in [0.25, 0.3) is 0 Å². The molecular weight excluding hydrogens is 204 g/mol. The highest BCUT2D eigenvalue weighted by Crippen LogP contribution is 2.01. The standard InChI is InChI=1S/C11H20N4O/c1-2-3-4-5-6-7-14-15-8-10(11(12)16)13-9-15/h8-9,14H,2-7H2,1H3,(H2,12,16). The molecule has 0 fully saturated rings. The van der Waals surface area contributed by atoms with Gasteiger partial charge in [-0.2, -0.15) is 0 Å². The second kappa shape index (κ2) is 6.87. The van der Waals surface area contributed by atoms with E-state index in [9.17, 15) is 4.79 Å². The van der Waals surface area contributed by atoms with Crippen LogP contribution < -0.4 is 11.2 Å². The SMILES string of the molecule is CCCCCCCNn1cnc(C(N)=O)c1. The van der Waals surface area contributed by atoms with E-state index < -0.39 is 5.91 Å². The summed E-state index contributed by atoms with van der Waals surface area (Å²) in [4.78, 5) is 14.7. The van der Waals surface area contributed by atoms with Gasteiger partial charge >= 0.3 is 0 Å². The zero-order valence-corrected chi connectivity index (χ0v) is 9.78. The number of carbonyl (C=O) groups is 1. The summed E-state index contributed by atoms with van der Waals surface area (Å²) in [7, 11) is 0. The number of nitrogens with zero attached hydrogens (tertiary/aromatic N) is 2. The first-order valence-electron chi connectivity index (χ1n) is 5.81. The predicted molar refractivity (Wildman–Crippen MR) is 63.7 cm³/mol. The van der Waals surface area contributed by atoms with Crippen molar-refractivity contribution in [3.8, 4) is 0 Å². The Kier molecular flexibility index (Phi) is 5.39. The third kappa shape index (κ3) is 4.33. The number of aromatic nitrogens is 2. The normalized spacial score (nSPS) is 10.3. The van der Waals surface area contributed by atoms with Crippen LogP contribution in [0.4, 0.5) is 0 Å². The fourth-order valence-corrected chi connectivity index (χ4v) is 1.47. The number of nitrogens with two attached hydrogens (primary N) is 1. The number of hydrogen-bond donors (Lipinski definition) is 2. The monoisotopic (exact) mass is 224 g/mol. The number of rotatable bonds is 8. The van der Waals surface area contributed by atoms with Crippen LogP contribution in [0, 0.1) is 0 Å². The molecule has 16 heavy (non-hydrogen) atoms. The molecule has 5 nitrogen and oxygen atoms in total. The van der Waals surface area contributed by atoms with Crippen molar-refractivity contribution in [2.24, 2.45) is 5.73 Å². The molecular formula is C11H20N4O. The number of carbonyl (C=O) groups excluding carboxylic acids is 1. The molecule has 1 rings (SSSR count). The van der Waals surface area contributed by atoms with E-state index in [-0.39, 0.29) is 0 Å². The molecule has 0 saturated heterocycles. The lowest BCUT2D eigenvalue weighted by atomic mass is 10.2. The van der Waals surface area contributed by atoms with Gasteiger partial charge in [0.15, 0.2) is 0 Å². The molecule has 1 aromatic rings. The third-order valence-electron chi connectivity index (χ3n) is 2.41. The number of imidazole rings is 1. The zero-order chi connectivity index (χ0) is 11.8. The number of amides is 1. The van der Waals surface area contributed by atoms with Crippen molar-refractivity contribution in [3.05, 3.63) is 18.2 Å². The van der Waals surface area contributed by atoms with E-state index in [0.29, 0.717) is 5.69 Å². The van der Waals surface area contributed by atoms with Gasteiger partial charge < -0.3 is 11.2 Å². The third-order valence-corrected chi connectivity index (χ3v) is 2.41. The fourth-order valence-electron chi connectivity index (χ4n) is 1.47. The average Bonchev–Trinajstić information content (AvgIpc) is 2.72. The van der Waals surface area contributed by atoms with E-state index in [2.05, 4.69) is 17.3 Å². The lowest BCUT2D eigenvalue weighted by molar-refractivity contribution is 0.0996. The van der Waals surface area contributed by atoms with Crippen LogP contribution in [0.15, 0.2) is 12.5 Å². The minimum Gasteiger partial charge on any atom is -0.364 e. The van der Waals surface area contributed by atoms with Crippen molar-refractivity contribution in [2.45, 2.75) is 39.0 Å². The van der Waals surface area contributed by atoms with Crippen LogP contribution in [-0.2, 0) is 0 Å². The van der Waals surface area contributed by atoms with Gasteiger partial charge in [0.05, 0.1) is 6.20 Å². The Balaban J connectivity index is 2.14. The van der Waals surface area contributed by atoms with E-state index in [1.807, 2.05) is 0 Å². The predicted octanol–water partition coefficient (Wildman–Crippen LogP) is 1.50. The molecule has 1 aromatic heterocycles. The summed E-state index contributed by atoms with van der Waals surface area (Å²) in [6.07, 6.45) is 9.38. The first-order valence-corrected chi connectivity index (χ1v) is 5.81. The Bertz CT molecular complexity index is 322. The van der Waals surface area contributed by atoms with Crippen molar-refractivity contribution < 1.29 is 4.79 Å². The van der Waals surface area contributed by atoms with Gasteiger partial charge in [0.1, 0.15) is 12.0 Å². The first kappa shape index (κ1) is 12.5. The van der Waals surface area contributed by atoms with Gasteiger partial charge in [0, 0.05) is 6.54 Å². The number of unbranched alkanes of at least 4 members (excludes halogenated alkanes) is 4. The Labute approximate surface area is 96.0 Å². The van der Waals surface area contributed by atoms with Crippen molar-refractivity contribution in [1.29, 1.82) is 0 Å². The molecule has 0 aliphatic rings. The maximum absolute atomic E-state index is 10.8. The van der Waals surface area contributed by atoms with Crippen LogP contribution in [0.2, 0.25) is 0 Å². The first-order chi connectivity index (χ1) is 7.74. The Morgan fingerprint density at radius 1 is 1.44 bits per heavy atom. The fraction of sp³-hybridized carbons (Fsp3) is 0.636. The van der Waals surface area contributed by atoms with E-state index in [1.165, 1.54) is 25.7 Å². The topological polar surface area (TPSA) is 72.9 Å². The van der Waals surface area contributed by atoms with Gasteiger partial charge in [-0.15, -0.1) is 0 Å². The maximum atomic E-state index is 10.8. The lowest BCUT2D eigenvalue weighted by Gasteiger charge is -2.05. The number of primary amides is 1. The van der Waals surface area contributed by atoms with E-state index in [1.54, 1.807) is 17.2 Å². The van der Waals surface area contributed by atoms with Crippen molar-refractivity contribution in [1.82, 2.24) is 9.66 Å². The number of hydrogen-bond acceptors (Lipinski definition) is 3. The Hall–Kier alpha value is -1.52. The van der Waals surface area contributed by atoms with Gasteiger partial charge in [-0.05, 0) is 6.42 Å². The molecule has 90 valence electrons. The van der Waals surface area contributed by atoms with Crippen LogP contribution in [0.1, 0.15) is 49.5 Å². The smallest absolute Gasteiger partial charge is 0.268 e. The molecule has 1 heterocycles. The van der Waals surface area contributed by atoms with Gasteiger partial charge in [0.2, 0.25) is 0 Å². The summed E-state index contributed by atoms with van der Waals surface area (Å²) < 4.78 is 1.68. The van der Waals surface area contributed by atoms with Crippen LogP contribution in [0.3, 0.4) is 0 Å². The van der Waals surface area contributed by atoms with Crippen LogP contribution in [0.5, 0.6) is 0 Å². The highest BCUT2D eigenvalue weighted by Gasteiger charge is 2.03. The average molecular weight is 224 g/mol. The van der Waals surface area contributed by atoms with E-state index >= 15 is 0 Å². The molecule has 1 amide bonds. The molecule has 3 N–H and O–H groups in total. The maximum Gasteiger partial charge on any atom is 0.268 e. The minimum absolute atomic E-state index is 0.290. The summed E-state index contributed by atoms with van der Waals surface area (Å²) >= 11 is 0. The zero-order valence-electron chi connectivity index (χ0n) is 9.78. The minimum atomic E-state index is -0.497. The van der Waals surface area contributed by atoms with Crippen molar-refractivity contribution in [3.63, 3.8) is 0 Å². The van der Waals surface area contributed by atoms with Crippen LogP contribution in [-0.4, -0.2) is 22.1 Å². The number of nitrogens with one attached hydrogen (secondary N) is 1. The van der Waals surface area contributed by atoms with Crippen molar-refractivity contribution in [2.75, 3.05) is 12.0 Å². The van der Waals surface area contributed by atoms with Crippen molar-refractivity contribution >= 4 is 5.91 Å². The molecule has 0 bridgehead atoms. The van der Waals surface area contributed by atoms with E-state index in [0.717, 1.165) is 13.0 Å². The molecule has 0 aromatic carbocycles. The molecule has 0 unspecified atom stereocenters. The highest BCUT2D eigenvalue weighted by atomic mass is 16.1. The summed E-state index contributed by atoms with van der Waals surface area (Å²) in [5, 5.41) is 0. The second-order valence-corrected chi connectivity index (χ2v) is 3.85. The lowest BCUT2D eigenvalue weighted by Crippen LogP contribution is -2.15. The molecule has 0 atom stereocenters. The molecule has 0 aliphatic heterocycles. The van der Waals surface area contributed by atoms with Gasteiger partial charge in [-0.3, -0.25) is 9.47 Å². The van der Waals surface area contributed by atoms with Gasteiger partial charge in [-0.1, -0.05) is 32.6 Å². The molecule has 0 saturated carbocycles. The second-order valence-electron chi connectivity index (χ2n) is 3.85. The van der Waals surface area contributed by atoms with E-state index in [4.69, 9.17) is 5.73 Å². The molecule has 0 aliphatic carbocycles. The highest BCUT2D eigenvalue weighted by molar-refractivity contribution is 5.90. The van der Waals surface area contributed by atoms with Gasteiger partial charge in [-0.25, -0.2) is 4.98 Å². The van der Waals surface area contributed by atoms with Gasteiger partial charge in [0.25, 0.3) is 5.91 Å². The molecule has 5 heteroatoms. The summed E-state index contributed by atoms with van der Waals surface area (Å²) in [6.45, 7) is 3.09. The Morgan fingerprint density at radius 3 is 2.81 bits per heavy atom. The molecule has 0 radical (unpaired) electrons. The van der Waals surface area contributed by atoms with Crippen LogP contribution >= 0.6 is 0 Å². The quantitative estimate of drug-likeness (QED) is 0.657.